The summed E-state index contributed by atoms with van der Waals surface area (Å²) in [5.74, 6) is -0.216. The van der Waals surface area contributed by atoms with Crippen molar-refractivity contribution in [1.82, 2.24) is 0 Å². The number of primary sulfonamides is 2. The SMILES string of the molecule is COc1c(Cl)cccc1-c1c(S(N)(=O)=O)c(-c2cccc(Cl)c2OC)c2ccc(O)cc2c1S(N)(=O)=O. The van der Waals surface area contributed by atoms with Crippen LogP contribution in [-0.4, -0.2) is 36.2 Å². The highest BCUT2D eigenvalue weighted by atomic mass is 35.5. The van der Waals surface area contributed by atoms with Gasteiger partial charge in [0.2, 0.25) is 20.0 Å². The lowest BCUT2D eigenvalue weighted by Gasteiger charge is -2.23. The Balaban J connectivity index is 2.49. The minimum atomic E-state index is -4.70. The molecule has 4 aromatic carbocycles. The van der Waals surface area contributed by atoms with Crippen molar-refractivity contribution in [3.05, 3.63) is 64.6 Å². The molecule has 0 aliphatic heterocycles. The monoisotopic (exact) mass is 582 g/mol. The Morgan fingerprint density at radius 3 is 1.65 bits per heavy atom. The predicted octanol–water partition coefficient (Wildman–Crippen LogP) is 4.50. The van der Waals surface area contributed by atoms with Gasteiger partial charge < -0.3 is 14.6 Å². The number of methoxy groups -OCH3 is 2. The van der Waals surface area contributed by atoms with Gasteiger partial charge in [-0.15, -0.1) is 0 Å². The van der Waals surface area contributed by atoms with Gasteiger partial charge in [-0.1, -0.05) is 47.5 Å². The highest BCUT2D eigenvalue weighted by Gasteiger charge is 2.34. The van der Waals surface area contributed by atoms with Crippen LogP contribution >= 0.6 is 23.2 Å². The molecule has 0 saturated heterocycles. The maximum absolute atomic E-state index is 13.3. The zero-order valence-electron chi connectivity index (χ0n) is 19.3. The Kier molecular flexibility index (Phi) is 7.06. The Hall–Kier alpha value is -3.06. The summed E-state index contributed by atoms with van der Waals surface area (Å²) in [6.07, 6.45) is 0. The minimum absolute atomic E-state index is 0.0180. The van der Waals surface area contributed by atoms with Gasteiger partial charge in [0.15, 0.2) is 0 Å². The zero-order valence-corrected chi connectivity index (χ0v) is 22.5. The van der Waals surface area contributed by atoms with Crippen LogP contribution in [0.1, 0.15) is 0 Å². The molecule has 0 saturated carbocycles. The third kappa shape index (κ3) is 4.70. The van der Waals surface area contributed by atoms with Crippen LogP contribution in [0.2, 0.25) is 10.0 Å². The highest BCUT2D eigenvalue weighted by Crippen LogP contribution is 2.51. The molecular formula is C24H20Cl2N2O7S2. The largest absolute Gasteiger partial charge is 0.508 e. The van der Waals surface area contributed by atoms with Gasteiger partial charge in [-0.2, -0.15) is 0 Å². The summed E-state index contributed by atoms with van der Waals surface area (Å²) in [5.41, 5.74) is -0.241. The fourth-order valence-electron chi connectivity index (χ4n) is 4.34. The number of halogens is 2. The van der Waals surface area contributed by atoms with E-state index in [1.807, 2.05) is 0 Å². The van der Waals surface area contributed by atoms with Crippen molar-refractivity contribution in [2.45, 2.75) is 9.79 Å². The number of phenols is 1. The number of rotatable bonds is 6. The lowest BCUT2D eigenvalue weighted by molar-refractivity contribution is 0.416. The number of aromatic hydroxyl groups is 1. The number of nitrogens with two attached hydrogens (primary N) is 2. The lowest BCUT2D eigenvalue weighted by atomic mass is 9.91. The summed E-state index contributed by atoms with van der Waals surface area (Å²) < 4.78 is 63.7. The van der Waals surface area contributed by atoms with E-state index in [1.165, 1.54) is 56.7 Å². The van der Waals surface area contributed by atoms with Gasteiger partial charge in [0.05, 0.1) is 34.1 Å². The third-order valence-electron chi connectivity index (χ3n) is 5.65. The van der Waals surface area contributed by atoms with Crippen LogP contribution in [-0.2, 0) is 20.0 Å². The summed E-state index contributed by atoms with van der Waals surface area (Å²) in [5, 5.41) is 22.0. The van der Waals surface area contributed by atoms with E-state index < -0.39 is 29.8 Å². The van der Waals surface area contributed by atoms with E-state index in [0.717, 1.165) is 6.07 Å². The molecule has 5 N–H and O–H groups in total. The normalized spacial score (nSPS) is 12.1. The smallest absolute Gasteiger partial charge is 0.239 e. The highest BCUT2D eigenvalue weighted by molar-refractivity contribution is 7.90. The molecule has 0 heterocycles. The first-order valence-corrected chi connectivity index (χ1v) is 14.2. The molecule has 37 heavy (non-hydrogen) atoms. The van der Waals surface area contributed by atoms with E-state index >= 15 is 0 Å². The summed E-state index contributed by atoms with van der Waals surface area (Å²) in [6, 6.07) is 12.8. The first-order chi connectivity index (χ1) is 17.3. The molecular weight excluding hydrogens is 563 g/mol. The summed E-state index contributed by atoms with van der Waals surface area (Å²) in [4.78, 5) is -1.19. The number of hydrogen-bond donors (Lipinski definition) is 3. The van der Waals surface area contributed by atoms with Crippen molar-refractivity contribution in [2.24, 2.45) is 10.3 Å². The van der Waals surface area contributed by atoms with Crippen LogP contribution in [0.5, 0.6) is 17.2 Å². The summed E-state index contributed by atoms with van der Waals surface area (Å²) in [6.45, 7) is 0. The van der Waals surface area contributed by atoms with E-state index in [1.54, 1.807) is 6.07 Å². The number of ether oxygens (including phenoxy) is 2. The maximum Gasteiger partial charge on any atom is 0.239 e. The molecule has 0 bridgehead atoms. The van der Waals surface area contributed by atoms with Crippen LogP contribution in [0.15, 0.2) is 64.4 Å². The Morgan fingerprint density at radius 1 is 0.703 bits per heavy atom. The molecule has 194 valence electrons. The number of para-hydroxylation sites is 2. The van der Waals surface area contributed by atoms with Crippen LogP contribution < -0.4 is 19.8 Å². The molecule has 0 aliphatic carbocycles. The molecule has 0 fully saturated rings. The van der Waals surface area contributed by atoms with Crippen LogP contribution in [0.4, 0.5) is 0 Å². The first-order valence-electron chi connectivity index (χ1n) is 10.3. The van der Waals surface area contributed by atoms with E-state index in [2.05, 4.69) is 0 Å². The van der Waals surface area contributed by atoms with E-state index in [-0.39, 0.29) is 60.3 Å². The number of sulfonamides is 2. The molecule has 9 nitrogen and oxygen atoms in total. The van der Waals surface area contributed by atoms with Gasteiger partial charge >= 0.3 is 0 Å². The molecule has 0 aromatic heterocycles. The zero-order chi connectivity index (χ0) is 27.3. The number of benzene rings is 4. The molecule has 4 rings (SSSR count). The van der Waals surface area contributed by atoms with Crippen molar-refractivity contribution < 1.29 is 31.4 Å². The first kappa shape index (κ1) is 27.0. The van der Waals surface area contributed by atoms with Gasteiger partial charge in [0.1, 0.15) is 17.2 Å². The van der Waals surface area contributed by atoms with Crippen LogP contribution in [0.3, 0.4) is 0 Å². The van der Waals surface area contributed by atoms with Crippen molar-refractivity contribution in [3.8, 4) is 39.5 Å². The summed E-state index contributed by atoms with van der Waals surface area (Å²) in [7, 11) is -6.73. The molecule has 0 radical (unpaired) electrons. The molecule has 0 unspecified atom stereocenters. The predicted molar refractivity (Wildman–Crippen MR) is 142 cm³/mol. The average molecular weight is 583 g/mol. The molecule has 4 aromatic rings. The number of phenolic OH excluding ortho intramolecular Hbond substituents is 1. The quantitative estimate of drug-likeness (QED) is 0.301. The lowest BCUT2D eigenvalue weighted by Crippen LogP contribution is -2.20. The third-order valence-corrected chi connectivity index (χ3v) is 8.21. The van der Waals surface area contributed by atoms with Gasteiger partial charge in [0.25, 0.3) is 0 Å². The van der Waals surface area contributed by atoms with Crippen molar-refractivity contribution in [3.63, 3.8) is 0 Å². The van der Waals surface area contributed by atoms with Crippen molar-refractivity contribution >= 4 is 54.0 Å². The fraction of sp³-hybridized carbons (Fsp3) is 0.0833. The number of fused-ring (bicyclic) bond motifs is 1. The fourth-order valence-corrected chi connectivity index (χ4v) is 6.88. The molecule has 0 aliphatic rings. The maximum atomic E-state index is 13.3. The molecule has 13 heteroatoms. The standard InChI is InChI=1S/C24H20Cl2N2O7S2/c1-34-21-14(5-3-7-17(21)25)19-13-10-9-12(29)11-16(13)23(36(27,30)31)20(24(19)37(28,32)33)15-6-4-8-18(26)22(15)35-2/h3-11,29H,1-2H3,(H2,27,30,31)(H2,28,32,33). The van der Waals surface area contributed by atoms with Gasteiger partial charge in [-0.3, -0.25) is 0 Å². The molecule has 0 atom stereocenters. The van der Waals surface area contributed by atoms with E-state index in [4.69, 9.17) is 43.0 Å². The molecule has 0 spiro atoms. The average Bonchev–Trinajstić information content (AvgIpc) is 2.80. The van der Waals surface area contributed by atoms with Gasteiger partial charge in [0, 0.05) is 27.6 Å². The second-order valence-electron chi connectivity index (χ2n) is 7.87. The van der Waals surface area contributed by atoms with Gasteiger partial charge in [-0.25, -0.2) is 27.1 Å². The Morgan fingerprint density at radius 2 is 1.19 bits per heavy atom. The second kappa shape index (κ2) is 9.67. The molecule has 0 amide bonds. The summed E-state index contributed by atoms with van der Waals surface area (Å²) >= 11 is 12.7. The minimum Gasteiger partial charge on any atom is -0.508 e. The Labute approximate surface area is 223 Å². The van der Waals surface area contributed by atoms with Crippen LogP contribution in [0.25, 0.3) is 33.0 Å². The number of hydrogen-bond acceptors (Lipinski definition) is 7. The van der Waals surface area contributed by atoms with E-state index in [0.29, 0.717) is 0 Å². The topological polar surface area (TPSA) is 159 Å². The Bertz CT molecular complexity index is 1790. The van der Waals surface area contributed by atoms with Crippen LogP contribution in [0, 0.1) is 0 Å². The second-order valence-corrected chi connectivity index (χ2v) is 11.7. The van der Waals surface area contributed by atoms with Gasteiger partial charge in [-0.05, 0) is 35.7 Å². The van der Waals surface area contributed by atoms with Crippen molar-refractivity contribution in [2.75, 3.05) is 14.2 Å². The van der Waals surface area contributed by atoms with Crippen molar-refractivity contribution in [1.29, 1.82) is 0 Å². The van der Waals surface area contributed by atoms with E-state index in [9.17, 15) is 21.9 Å².